The minimum atomic E-state index is -1.82. The number of aliphatic carboxylic acids is 2. The van der Waals surface area contributed by atoms with Crippen molar-refractivity contribution in [2.75, 3.05) is 34.4 Å². The number of carboxylic acids is 2. The van der Waals surface area contributed by atoms with Crippen LogP contribution in [-0.4, -0.2) is 66.5 Å². The van der Waals surface area contributed by atoms with Crippen LogP contribution < -0.4 is 9.47 Å². The zero-order valence-corrected chi connectivity index (χ0v) is 19.7. The minimum Gasteiger partial charge on any atom is -0.495 e. The Kier molecular flexibility index (Phi) is 9.52. The number of ether oxygens (including phenoxy) is 2. The van der Waals surface area contributed by atoms with Crippen molar-refractivity contribution in [3.8, 4) is 11.5 Å². The molecule has 0 aromatic heterocycles. The number of hydrogen-bond donors (Lipinski definition) is 3. The Hall–Kier alpha value is -2.81. The molecule has 0 radical (unpaired) electrons. The zero-order valence-electron chi connectivity index (χ0n) is 19.0. The summed E-state index contributed by atoms with van der Waals surface area (Å²) < 4.78 is 11.4. The first kappa shape index (κ1) is 26.4. The second kappa shape index (κ2) is 11.9. The molecule has 0 saturated carbocycles. The lowest BCUT2D eigenvalue weighted by molar-refractivity contribution is -0.159. The number of aliphatic hydroxyl groups is 1. The Morgan fingerprint density at radius 3 is 2.45 bits per heavy atom. The topological polar surface area (TPSA) is 117 Å². The fourth-order valence-electron chi connectivity index (χ4n) is 3.97. The average Bonchev–Trinajstić information content (AvgIpc) is 2.91. The number of halogens is 1. The smallest absolute Gasteiger partial charge is 0.414 e. The van der Waals surface area contributed by atoms with Gasteiger partial charge < -0.3 is 29.7 Å². The Morgan fingerprint density at radius 1 is 1.18 bits per heavy atom. The summed E-state index contributed by atoms with van der Waals surface area (Å²) in [4.78, 5) is 20.3. The zero-order chi connectivity index (χ0) is 24.6. The van der Waals surface area contributed by atoms with Gasteiger partial charge in [-0.25, -0.2) is 9.59 Å². The summed E-state index contributed by atoms with van der Waals surface area (Å²) in [6.07, 6.45) is 2.26. The molecule has 2 atom stereocenters. The number of para-hydroxylation sites is 1. The molecule has 0 unspecified atom stereocenters. The highest BCUT2D eigenvalue weighted by Gasteiger charge is 2.42. The second-order valence-corrected chi connectivity index (χ2v) is 8.43. The number of nitrogens with zero attached hydrogens (tertiary/aromatic N) is 1. The maximum Gasteiger partial charge on any atom is 0.414 e. The van der Waals surface area contributed by atoms with Crippen LogP contribution in [0.2, 0.25) is 5.02 Å². The van der Waals surface area contributed by atoms with Crippen molar-refractivity contribution in [2.45, 2.75) is 30.8 Å². The highest BCUT2D eigenvalue weighted by atomic mass is 35.5. The average molecular weight is 480 g/mol. The van der Waals surface area contributed by atoms with E-state index in [0.717, 1.165) is 36.3 Å². The molecule has 3 N–H and O–H groups in total. The molecule has 0 spiro atoms. The van der Waals surface area contributed by atoms with Gasteiger partial charge in [0, 0.05) is 11.5 Å². The van der Waals surface area contributed by atoms with Gasteiger partial charge in [0.2, 0.25) is 0 Å². The molecule has 0 aliphatic carbocycles. The van der Waals surface area contributed by atoms with Gasteiger partial charge >= 0.3 is 11.9 Å². The van der Waals surface area contributed by atoms with E-state index in [-0.39, 0.29) is 5.92 Å². The van der Waals surface area contributed by atoms with Crippen molar-refractivity contribution in [3.05, 3.63) is 58.6 Å². The lowest BCUT2D eigenvalue weighted by Crippen LogP contribution is -2.34. The molecule has 2 aromatic rings. The predicted molar refractivity (Wildman–Crippen MR) is 124 cm³/mol. The molecule has 180 valence electrons. The third kappa shape index (κ3) is 6.83. The van der Waals surface area contributed by atoms with Crippen LogP contribution in [-0.2, 0) is 15.2 Å². The van der Waals surface area contributed by atoms with E-state index in [1.165, 1.54) is 0 Å². The van der Waals surface area contributed by atoms with Crippen LogP contribution in [0.25, 0.3) is 0 Å². The van der Waals surface area contributed by atoms with Gasteiger partial charge in [0.15, 0.2) is 0 Å². The number of rotatable bonds is 6. The molecule has 8 nitrogen and oxygen atoms in total. The van der Waals surface area contributed by atoms with E-state index in [4.69, 9.17) is 40.9 Å². The molecule has 33 heavy (non-hydrogen) atoms. The Bertz CT molecular complexity index is 954. The first-order valence-corrected chi connectivity index (χ1v) is 10.9. The Balaban J connectivity index is 0.000000569. The van der Waals surface area contributed by atoms with Gasteiger partial charge in [-0.05, 0) is 63.7 Å². The monoisotopic (exact) mass is 479 g/mol. The molecule has 0 amide bonds. The molecular formula is C24H30ClNO7. The molecule has 0 saturated heterocycles. The van der Waals surface area contributed by atoms with Crippen LogP contribution in [0.1, 0.15) is 36.3 Å². The van der Waals surface area contributed by atoms with Crippen molar-refractivity contribution in [1.29, 1.82) is 0 Å². The first-order valence-electron chi connectivity index (χ1n) is 10.5. The summed E-state index contributed by atoms with van der Waals surface area (Å²) >= 11 is 6.22. The standard InChI is InChI=1S/C22H28ClNO3.C2H2O4/c1-24(2)13-6-12-22(25)17(16-9-10-19(23)21(15-16)26-3)11-14-27-20-8-5-4-7-18(20)22;3-1(4)2(5)6/h4-5,7-10,15,17,25H,6,11-14H2,1-3H3;(H,3,4)(H,5,6)/t17-,22-;/m1./s1. The fourth-order valence-corrected chi connectivity index (χ4v) is 4.17. The summed E-state index contributed by atoms with van der Waals surface area (Å²) in [5.74, 6) is -2.35. The summed E-state index contributed by atoms with van der Waals surface area (Å²) in [6, 6.07) is 13.6. The van der Waals surface area contributed by atoms with Gasteiger partial charge in [-0.15, -0.1) is 0 Å². The van der Waals surface area contributed by atoms with E-state index in [1.807, 2.05) is 42.5 Å². The lowest BCUT2D eigenvalue weighted by atomic mass is 9.73. The highest BCUT2D eigenvalue weighted by Crippen LogP contribution is 2.48. The summed E-state index contributed by atoms with van der Waals surface area (Å²) in [6.45, 7) is 1.48. The number of carboxylic acid groups (broad SMARTS) is 2. The van der Waals surface area contributed by atoms with Gasteiger partial charge in [0.1, 0.15) is 17.1 Å². The third-order valence-electron chi connectivity index (χ3n) is 5.52. The van der Waals surface area contributed by atoms with Crippen molar-refractivity contribution < 1.29 is 34.4 Å². The van der Waals surface area contributed by atoms with E-state index in [9.17, 15) is 5.11 Å². The van der Waals surface area contributed by atoms with E-state index in [2.05, 4.69) is 19.0 Å². The number of hydrogen-bond acceptors (Lipinski definition) is 6. The lowest BCUT2D eigenvalue weighted by Gasteiger charge is -2.36. The third-order valence-corrected chi connectivity index (χ3v) is 5.83. The summed E-state index contributed by atoms with van der Waals surface area (Å²) in [5, 5.41) is 27.3. The molecule has 1 heterocycles. The molecule has 9 heteroatoms. The Morgan fingerprint density at radius 2 is 1.85 bits per heavy atom. The Labute approximate surface area is 198 Å². The molecule has 0 fully saturated rings. The number of carbonyl (C=O) groups is 2. The van der Waals surface area contributed by atoms with Crippen LogP contribution in [0.5, 0.6) is 11.5 Å². The van der Waals surface area contributed by atoms with Crippen LogP contribution in [0, 0.1) is 0 Å². The maximum absolute atomic E-state index is 12.0. The van der Waals surface area contributed by atoms with E-state index < -0.39 is 17.5 Å². The van der Waals surface area contributed by atoms with Gasteiger partial charge in [0.25, 0.3) is 0 Å². The van der Waals surface area contributed by atoms with Crippen LogP contribution in [0.3, 0.4) is 0 Å². The largest absolute Gasteiger partial charge is 0.495 e. The number of fused-ring (bicyclic) bond motifs is 1. The SMILES string of the molecule is COc1cc([C@H]2CCOc3ccccc3[C@@]2(O)CCCN(C)C)ccc1Cl.O=C(O)C(=O)O. The van der Waals surface area contributed by atoms with E-state index in [1.54, 1.807) is 7.11 Å². The molecule has 3 rings (SSSR count). The quantitative estimate of drug-likeness (QED) is 0.538. The van der Waals surface area contributed by atoms with Gasteiger partial charge in [-0.3, -0.25) is 0 Å². The molecule has 1 aliphatic rings. The fraction of sp³-hybridized carbons (Fsp3) is 0.417. The molecule has 0 bridgehead atoms. The number of methoxy groups -OCH3 is 1. The summed E-state index contributed by atoms with van der Waals surface area (Å²) in [7, 11) is 5.71. The normalized spacial score (nSPS) is 19.4. The van der Waals surface area contributed by atoms with E-state index >= 15 is 0 Å². The van der Waals surface area contributed by atoms with Crippen molar-refractivity contribution in [2.24, 2.45) is 0 Å². The molecule has 2 aromatic carbocycles. The highest BCUT2D eigenvalue weighted by molar-refractivity contribution is 6.32. The second-order valence-electron chi connectivity index (χ2n) is 8.02. The first-order chi connectivity index (χ1) is 15.6. The van der Waals surface area contributed by atoms with Crippen molar-refractivity contribution in [1.82, 2.24) is 4.90 Å². The van der Waals surface area contributed by atoms with E-state index in [0.29, 0.717) is 23.8 Å². The summed E-state index contributed by atoms with van der Waals surface area (Å²) in [5.41, 5.74) is 0.867. The van der Waals surface area contributed by atoms with Crippen molar-refractivity contribution in [3.63, 3.8) is 0 Å². The van der Waals surface area contributed by atoms with Crippen LogP contribution in [0.4, 0.5) is 0 Å². The van der Waals surface area contributed by atoms with Gasteiger partial charge in [0.05, 0.1) is 18.7 Å². The minimum absolute atomic E-state index is 0.102. The predicted octanol–water partition coefficient (Wildman–Crippen LogP) is 3.60. The molecule has 1 aliphatic heterocycles. The number of benzene rings is 2. The maximum atomic E-state index is 12.0. The van der Waals surface area contributed by atoms with Crippen molar-refractivity contribution >= 4 is 23.5 Å². The molecular weight excluding hydrogens is 450 g/mol. The van der Waals surface area contributed by atoms with Gasteiger partial charge in [-0.2, -0.15) is 0 Å². The van der Waals surface area contributed by atoms with Crippen LogP contribution in [0.15, 0.2) is 42.5 Å². The van der Waals surface area contributed by atoms with Gasteiger partial charge in [-0.1, -0.05) is 35.9 Å². The van der Waals surface area contributed by atoms with Crippen LogP contribution >= 0.6 is 11.6 Å².